The third-order valence-electron chi connectivity index (χ3n) is 3.99. The molecule has 2 rings (SSSR count). The first-order valence-corrected chi connectivity index (χ1v) is 8.15. The molecular weight excluding hydrogens is 347 g/mol. The van der Waals surface area contributed by atoms with Crippen LogP contribution in [0.3, 0.4) is 0 Å². The minimum absolute atomic E-state index is 0.0942. The number of hydrogen-bond acceptors (Lipinski definition) is 3. The van der Waals surface area contributed by atoms with Gasteiger partial charge in [0.25, 0.3) is 5.91 Å². The van der Waals surface area contributed by atoms with Crippen LogP contribution in [0.2, 0.25) is 15.1 Å². The molecule has 1 amide bonds. The molecule has 0 radical (unpaired) electrons. The lowest BCUT2D eigenvalue weighted by molar-refractivity contribution is -0.136. The normalized spacial score (nSPS) is 20.8. The van der Waals surface area contributed by atoms with Gasteiger partial charge in [-0.25, -0.2) is 0 Å². The summed E-state index contributed by atoms with van der Waals surface area (Å²) in [7, 11) is 0. The minimum atomic E-state index is -0.102. The lowest BCUT2D eigenvalue weighted by Gasteiger charge is -2.42. The Kier molecular flexibility index (Phi) is 5.49. The fraction of sp³-hybridized carbons (Fsp3) is 0.533. The number of ether oxygens (including phenoxy) is 1. The quantitative estimate of drug-likeness (QED) is 0.833. The number of piperidine rings is 1. The van der Waals surface area contributed by atoms with Gasteiger partial charge < -0.3 is 15.4 Å². The minimum Gasteiger partial charge on any atom is -0.482 e. The van der Waals surface area contributed by atoms with Gasteiger partial charge in [-0.15, -0.1) is 0 Å². The van der Waals surface area contributed by atoms with E-state index in [2.05, 4.69) is 13.8 Å². The summed E-state index contributed by atoms with van der Waals surface area (Å²) in [4.78, 5) is 14.1. The molecule has 0 aromatic heterocycles. The lowest BCUT2D eigenvalue weighted by atomic mass is 9.80. The number of likely N-dealkylation sites (tertiary alicyclic amines) is 1. The largest absolute Gasteiger partial charge is 0.482 e. The lowest BCUT2D eigenvalue weighted by Crippen LogP contribution is -2.54. The second-order valence-corrected chi connectivity index (χ2v) is 7.41. The van der Waals surface area contributed by atoms with E-state index >= 15 is 0 Å². The van der Waals surface area contributed by atoms with Crippen molar-refractivity contribution in [3.63, 3.8) is 0 Å². The number of carbonyl (C=O) groups excluding carboxylic acids is 1. The van der Waals surface area contributed by atoms with Gasteiger partial charge in [0.1, 0.15) is 5.75 Å². The van der Waals surface area contributed by atoms with E-state index in [1.165, 1.54) is 12.1 Å². The Hall–Kier alpha value is -0.680. The van der Waals surface area contributed by atoms with Gasteiger partial charge >= 0.3 is 0 Å². The SMILES string of the molecule is CC1(C)CN(C(=O)COc2cc(Cl)c(Cl)cc2Cl)CCC1N. The third-order valence-corrected chi connectivity index (χ3v) is 5.01. The summed E-state index contributed by atoms with van der Waals surface area (Å²) < 4.78 is 5.49. The van der Waals surface area contributed by atoms with Crippen molar-refractivity contribution in [1.29, 1.82) is 0 Å². The average Bonchev–Trinajstić information content (AvgIpc) is 2.44. The number of hydrogen-bond donors (Lipinski definition) is 1. The van der Waals surface area contributed by atoms with Crippen LogP contribution in [-0.4, -0.2) is 36.5 Å². The second-order valence-electron chi connectivity index (χ2n) is 6.18. The maximum absolute atomic E-state index is 12.3. The Morgan fingerprint density at radius 2 is 1.95 bits per heavy atom. The highest BCUT2D eigenvalue weighted by Crippen LogP contribution is 2.34. The number of nitrogens with zero attached hydrogens (tertiary/aromatic N) is 1. The summed E-state index contributed by atoms with van der Waals surface area (Å²) >= 11 is 17.8. The topological polar surface area (TPSA) is 55.6 Å². The first kappa shape index (κ1) is 17.7. The van der Waals surface area contributed by atoms with Gasteiger partial charge in [0, 0.05) is 25.2 Å². The van der Waals surface area contributed by atoms with Crippen molar-refractivity contribution in [1.82, 2.24) is 4.90 Å². The van der Waals surface area contributed by atoms with E-state index in [1.54, 1.807) is 4.90 Å². The van der Waals surface area contributed by atoms with Gasteiger partial charge in [0.2, 0.25) is 0 Å². The van der Waals surface area contributed by atoms with E-state index < -0.39 is 0 Å². The van der Waals surface area contributed by atoms with Crippen LogP contribution in [0.5, 0.6) is 5.75 Å². The van der Waals surface area contributed by atoms with Crippen molar-refractivity contribution in [3.05, 3.63) is 27.2 Å². The van der Waals surface area contributed by atoms with E-state index in [4.69, 9.17) is 45.3 Å². The van der Waals surface area contributed by atoms with Gasteiger partial charge in [-0.2, -0.15) is 0 Å². The zero-order chi connectivity index (χ0) is 16.5. The summed E-state index contributed by atoms with van der Waals surface area (Å²) in [5.74, 6) is 0.250. The molecule has 2 N–H and O–H groups in total. The molecule has 1 aromatic rings. The summed E-state index contributed by atoms with van der Waals surface area (Å²) in [5.41, 5.74) is 5.97. The van der Waals surface area contributed by atoms with Crippen LogP contribution in [0.1, 0.15) is 20.3 Å². The number of amides is 1. The Labute approximate surface area is 145 Å². The smallest absolute Gasteiger partial charge is 0.260 e. The van der Waals surface area contributed by atoms with Gasteiger partial charge in [-0.3, -0.25) is 4.79 Å². The molecule has 7 heteroatoms. The highest BCUT2D eigenvalue weighted by atomic mass is 35.5. The van der Waals surface area contributed by atoms with Crippen LogP contribution in [0.15, 0.2) is 12.1 Å². The molecule has 1 atom stereocenters. The number of carbonyl (C=O) groups is 1. The Morgan fingerprint density at radius 3 is 2.59 bits per heavy atom. The van der Waals surface area contributed by atoms with Crippen LogP contribution < -0.4 is 10.5 Å². The molecule has 0 saturated carbocycles. The molecule has 1 heterocycles. The van der Waals surface area contributed by atoms with Gasteiger partial charge in [-0.05, 0) is 17.9 Å². The number of halogens is 3. The molecule has 22 heavy (non-hydrogen) atoms. The van der Waals surface area contributed by atoms with E-state index in [9.17, 15) is 4.79 Å². The molecule has 1 saturated heterocycles. The molecule has 1 unspecified atom stereocenters. The zero-order valence-corrected chi connectivity index (χ0v) is 14.8. The predicted molar refractivity (Wildman–Crippen MR) is 89.9 cm³/mol. The van der Waals surface area contributed by atoms with Crippen LogP contribution >= 0.6 is 34.8 Å². The molecule has 1 aromatic carbocycles. The van der Waals surface area contributed by atoms with Crippen molar-refractivity contribution in [3.8, 4) is 5.75 Å². The van der Waals surface area contributed by atoms with E-state index in [-0.39, 0.29) is 24.0 Å². The Morgan fingerprint density at radius 1 is 1.32 bits per heavy atom. The summed E-state index contributed by atoms with van der Waals surface area (Å²) in [6, 6.07) is 3.10. The standard InChI is InChI=1S/C15H19Cl3N2O2/c1-15(2)8-20(4-3-13(15)19)14(21)7-22-12-6-10(17)9(16)5-11(12)18/h5-6,13H,3-4,7-8,19H2,1-2H3. The first-order chi connectivity index (χ1) is 10.2. The van der Waals surface area contributed by atoms with Crippen LogP contribution in [0, 0.1) is 5.41 Å². The van der Waals surface area contributed by atoms with Crippen molar-refractivity contribution < 1.29 is 9.53 Å². The fourth-order valence-corrected chi connectivity index (χ4v) is 3.02. The summed E-state index contributed by atoms with van der Waals surface area (Å²) in [6.45, 7) is 5.29. The van der Waals surface area contributed by atoms with Crippen LogP contribution in [0.25, 0.3) is 0 Å². The molecular formula is C15H19Cl3N2O2. The van der Waals surface area contributed by atoms with Gasteiger partial charge in [-0.1, -0.05) is 48.7 Å². The van der Waals surface area contributed by atoms with E-state index in [0.29, 0.717) is 33.9 Å². The first-order valence-electron chi connectivity index (χ1n) is 7.01. The maximum atomic E-state index is 12.3. The van der Waals surface area contributed by atoms with Crippen molar-refractivity contribution in [2.75, 3.05) is 19.7 Å². The average molecular weight is 366 g/mol. The Balaban J connectivity index is 1.97. The molecule has 1 aliphatic heterocycles. The van der Waals surface area contributed by atoms with Crippen molar-refractivity contribution in [2.24, 2.45) is 11.1 Å². The van der Waals surface area contributed by atoms with Gasteiger partial charge in [0.05, 0.1) is 15.1 Å². The van der Waals surface area contributed by atoms with Crippen LogP contribution in [0.4, 0.5) is 0 Å². The molecule has 0 aliphatic carbocycles. The van der Waals surface area contributed by atoms with Gasteiger partial charge in [0.15, 0.2) is 6.61 Å². The van der Waals surface area contributed by atoms with E-state index in [0.717, 1.165) is 6.42 Å². The predicted octanol–water partition coefficient (Wildman–Crippen LogP) is 3.61. The highest BCUT2D eigenvalue weighted by molar-refractivity contribution is 6.43. The monoisotopic (exact) mass is 364 g/mol. The van der Waals surface area contributed by atoms with Crippen molar-refractivity contribution >= 4 is 40.7 Å². The Bertz CT molecular complexity index is 578. The molecule has 4 nitrogen and oxygen atoms in total. The highest BCUT2D eigenvalue weighted by Gasteiger charge is 2.35. The van der Waals surface area contributed by atoms with Crippen LogP contribution in [-0.2, 0) is 4.79 Å². The maximum Gasteiger partial charge on any atom is 0.260 e. The number of benzene rings is 1. The number of rotatable bonds is 3. The molecule has 1 fully saturated rings. The summed E-state index contributed by atoms with van der Waals surface area (Å²) in [6.07, 6.45) is 0.784. The molecule has 1 aliphatic rings. The third kappa shape index (κ3) is 3.99. The molecule has 0 spiro atoms. The second kappa shape index (κ2) is 6.83. The number of nitrogens with two attached hydrogens (primary N) is 1. The molecule has 0 bridgehead atoms. The zero-order valence-electron chi connectivity index (χ0n) is 12.5. The fourth-order valence-electron chi connectivity index (χ4n) is 2.43. The summed E-state index contributed by atoms with van der Waals surface area (Å²) in [5, 5.41) is 0.999. The molecule has 122 valence electrons. The van der Waals surface area contributed by atoms with E-state index in [1.807, 2.05) is 0 Å². The van der Waals surface area contributed by atoms with Crippen molar-refractivity contribution in [2.45, 2.75) is 26.3 Å².